The Hall–Kier alpha value is -2.33. The number of para-hydroxylation sites is 1. The second kappa shape index (κ2) is 5.58. The van der Waals surface area contributed by atoms with Crippen molar-refractivity contribution in [2.75, 3.05) is 0 Å². The van der Waals surface area contributed by atoms with Gasteiger partial charge in [-0.3, -0.25) is 4.79 Å². The van der Waals surface area contributed by atoms with E-state index in [1.54, 1.807) is 24.3 Å². The Morgan fingerprint density at radius 3 is 2.67 bits per heavy atom. The zero-order valence-corrected chi connectivity index (χ0v) is 11.5. The molecule has 3 rings (SSSR count). The summed E-state index contributed by atoms with van der Waals surface area (Å²) in [5, 5.41) is 22.7. The zero-order valence-electron chi connectivity index (χ0n) is 11.5. The lowest BCUT2D eigenvalue weighted by molar-refractivity contribution is -0.122. The first-order valence-electron chi connectivity index (χ1n) is 6.97. The minimum atomic E-state index is -0.601. The molecule has 1 aliphatic carbocycles. The maximum atomic E-state index is 12.1. The van der Waals surface area contributed by atoms with E-state index >= 15 is 0 Å². The Kier molecular flexibility index (Phi) is 3.62. The number of benzene rings is 2. The van der Waals surface area contributed by atoms with Gasteiger partial charge in [0.2, 0.25) is 5.91 Å². The van der Waals surface area contributed by atoms with Gasteiger partial charge in [-0.25, -0.2) is 0 Å². The monoisotopic (exact) mass is 283 g/mol. The molecule has 108 valence electrons. The Labute approximate surface area is 123 Å². The lowest BCUT2D eigenvalue weighted by Gasteiger charge is -2.18. The molecule has 0 aromatic heterocycles. The van der Waals surface area contributed by atoms with E-state index in [0.717, 1.165) is 11.1 Å². The number of aliphatic hydroxyl groups is 1. The highest BCUT2D eigenvalue weighted by molar-refractivity contribution is 5.80. The second-order valence-electron chi connectivity index (χ2n) is 5.32. The molecule has 2 atom stereocenters. The first kappa shape index (κ1) is 13.6. The molecule has 0 unspecified atom stereocenters. The van der Waals surface area contributed by atoms with Crippen molar-refractivity contribution in [3.63, 3.8) is 0 Å². The highest BCUT2D eigenvalue weighted by Gasteiger charge is 2.31. The number of nitrogens with one attached hydrogen (secondary N) is 1. The van der Waals surface area contributed by atoms with Crippen LogP contribution in [0.4, 0.5) is 0 Å². The van der Waals surface area contributed by atoms with Gasteiger partial charge in [0.25, 0.3) is 0 Å². The quantitative estimate of drug-likeness (QED) is 0.803. The molecule has 21 heavy (non-hydrogen) atoms. The zero-order chi connectivity index (χ0) is 14.8. The van der Waals surface area contributed by atoms with E-state index in [1.165, 1.54) is 0 Å². The third-order valence-corrected chi connectivity index (χ3v) is 3.86. The van der Waals surface area contributed by atoms with E-state index in [9.17, 15) is 15.0 Å². The standard InChI is InChI=1S/C17H17NO3/c19-14-8-4-2-6-12(14)10-16(21)18-17-13-7-3-1-5-11(13)9-15(17)20/h1-8,15,17,19-20H,9-10H2,(H,18,21)/t15-,17+/m0/s1. The number of amides is 1. The predicted molar refractivity (Wildman–Crippen MR) is 78.8 cm³/mol. The Morgan fingerprint density at radius 1 is 1.14 bits per heavy atom. The summed E-state index contributed by atoms with van der Waals surface area (Å²) in [6.07, 6.45) is 0.0474. The summed E-state index contributed by atoms with van der Waals surface area (Å²) >= 11 is 0. The van der Waals surface area contributed by atoms with Gasteiger partial charge in [-0.1, -0.05) is 42.5 Å². The smallest absolute Gasteiger partial charge is 0.225 e. The summed E-state index contributed by atoms with van der Waals surface area (Å²) in [7, 11) is 0. The maximum Gasteiger partial charge on any atom is 0.225 e. The summed E-state index contributed by atoms with van der Waals surface area (Å²) < 4.78 is 0. The molecule has 0 aliphatic heterocycles. The molecule has 2 aromatic carbocycles. The van der Waals surface area contributed by atoms with Crippen molar-refractivity contribution in [1.29, 1.82) is 0 Å². The molecule has 2 aromatic rings. The van der Waals surface area contributed by atoms with Crippen LogP contribution in [0, 0.1) is 0 Å². The van der Waals surface area contributed by atoms with Crippen molar-refractivity contribution < 1.29 is 15.0 Å². The Balaban J connectivity index is 1.72. The normalized spacial score (nSPS) is 20.0. The van der Waals surface area contributed by atoms with Crippen molar-refractivity contribution in [1.82, 2.24) is 5.32 Å². The molecule has 0 heterocycles. The molecule has 1 amide bonds. The molecule has 0 radical (unpaired) electrons. The van der Waals surface area contributed by atoms with Crippen LogP contribution >= 0.6 is 0 Å². The number of carbonyl (C=O) groups is 1. The number of carbonyl (C=O) groups excluding carboxylic acids is 1. The fraction of sp³-hybridized carbons (Fsp3) is 0.235. The molecule has 4 nitrogen and oxygen atoms in total. The van der Waals surface area contributed by atoms with E-state index in [0.29, 0.717) is 12.0 Å². The van der Waals surface area contributed by atoms with Crippen LogP contribution in [0.3, 0.4) is 0 Å². The molecular formula is C17H17NO3. The van der Waals surface area contributed by atoms with Crippen molar-refractivity contribution in [2.45, 2.75) is 25.0 Å². The minimum Gasteiger partial charge on any atom is -0.508 e. The van der Waals surface area contributed by atoms with E-state index in [4.69, 9.17) is 0 Å². The summed E-state index contributed by atoms with van der Waals surface area (Å²) in [4.78, 5) is 12.1. The third kappa shape index (κ3) is 2.76. The molecule has 0 saturated heterocycles. The van der Waals surface area contributed by atoms with E-state index in [2.05, 4.69) is 5.32 Å². The van der Waals surface area contributed by atoms with Crippen LogP contribution < -0.4 is 5.32 Å². The van der Waals surface area contributed by atoms with Crippen LogP contribution in [-0.4, -0.2) is 22.2 Å². The third-order valence-electron chi connectivity index (χ3n) is 3.86. The summed E-state index contributed by atoms with van der Waals surface area (Å²) in [5.41, 5.74) is 2.62. The maximum absolute atomic E-state index is 12.1. The molecule has 0 fully saturated rings. The highest BCUT2D eigenvalue weighted by atomic mass is 16.3. The lowest BCUT2D eigenvalue weighted by Crippen LogP contribution is -2.34. The van der Waals surface area contributed by atoms with Gasteiger partial charge >= 0.3 is 0 Å². The molecule has 0 saturated carbocycles. The van der Waals surface area contributed by atoms with E-state index < -0.39 is 6.10 Å². The first-order chi connectivity index (χ1) is 10.1. The van der Waals surface area contributed by atoms with Gasteiger partial charge in [-0.2, -0.15) is 0 Å². The van der Waals surface area contributed by atoms with Crippen LogP contribution in [0.25, 0.3) is 0 Å². The fourth-order valence-electron chi connectivity index (χ4n) is 2.81. The fourth-order valence-corrected chi connectivity index (χ4v) is 2.81. The number of phenolic OH excluding ortho intramolecular Hbond substituents is 1. The van der Waals surface area contributed by atoms with Crippen molar-refractivity contribution in [3.05, 3.63) is 65.2 Å². The van der Waals surface area contributed by atoms with Crippen molar-refractivity contribution in [2.24, 2.45) is 0 Å². The number of fused-ring (bicyclic) bond motifs is 1. The van der Waals surface area contributed by atoms with Crippen LogP contribution in [0.15, 0.2) is 48.5 Å². The summed E-state index contributed by atoms with van der Waals surface area (Å²) in [6.45, 7) is 0. The Bertz CT molecular complexity index is 669. The molecule has 4 heteroatoms. The molecule has 0 bridgehead atoms. The average molecular weight is 283 g/mol. The topological polar surface area (TPSA) is 69.6 Å². The number of hydrogen-bond acceptors (Lipinski definition) is 3. The van der Waals surface area contributed by atoms with E-state index in [1.807, 2.05) is 24.3 Å². The van der Waals surface area contributed by atoms with Crippen LogP contribution in [0.2, 0.25) is 0 Å². The number of hydrogen-bond donors (Lipinski definition) is 3. The van der Waals surface area contributed by atoms with Gasteiger partial charge < -0.3 is 15.5 Å². The molecule has 0 spiro atoms. The van der Waals surface area contributed by atoms with Gasteiger partial charge in [0.05, 0.1) is 18.6 Å². The predicted octanol–water partition coefficient (Wildman–Crippen LogP) is 1.71. The second-order valence-corrected chi connectivity index (χ2v) is 5.32. The van der Waals surface area contributed by atoms with Gasteiger partial charge in [0, 0.05) is 12.0 Å². The number of phenols is 1. The highest BCUT2D eigenvalue weighted by Crippen LogP contribution is 2.31. The lowest BCUT2D eigenvalue weighted by atomic mass is 10.1. The summed E-state index contributed by atoms with van der Waals surface area (Å²) in [5.74, 6) is -0.0997. The van der Waals surface area contributed by atoms with Crippen molar-refractivity contribution >= 4 is 5.91 Å². The Morgan fingerprint density at radius 2 is 1.86 bits per heavy atom. The molecular weight excluding hydrogens is 266 g/mol. The minimum absolute atomic E-state index is 0.0953. The SMILES string of the molecule is O=C(Cc1ccccc1O)N[C@@H]1c2ccccc2C[C@@H]1O. The average Bonchev–Trinajstić information content (AvgIpc) is 2.78. The van der Waals surface area contributed by atoms with Crippen molar-refractivity contribution in [3.8, 4) is 5.75 Å². The van der Waals surface area contributed by atoms with Gasteiger partial charge in [0.15, 0.2) is 0 Å². The number of aromatic hydroxyl groups is 1. The van der Waals surface area contributed by atoms with Gasteiger partial charge in [-0.15, -0.1) is 0 Å². The molecule has 3 N–H and O–H groups in total. The van der Waals surface area contributed by atoms with Crippen LogP contribution in [-0.2, 0) is 17.6 Å². The van der Waals surface area contributed by atoms with Crippen LogP contribution in [0.1, 0.15) is 22.7 Å². The summed E-state index contributed by atoms with van der Waals surface area (Å²) in [6, 6.07) is 14.1. The van der Waals surface area contributed by atoms with E-state index in [-0.39, 0.29) is 24.1 Å². The number of rotatable bonds is 3. The molecule has 1 aliphatic rings. The first-order valence-corrected chi connectivity index (χ1v) is 6.97. The van der Waals surface area contributed by atoms with Gasteiger partial charge in [-0.05, 0) is 17.2 Å². The van der Waals surface area contributed by atoms with Gasteiger partial charge in [0.1, 0.15) is 5.75 Å². The van der Waals surface area contributed by atoms with Crippen LogP contribution in [0.5, 0.6) is 5.75 Å². The number of aliphatic hydroxyl groups excluding tert-OH is 1. The largest absolute Gasteiger partial charge is 0.508 e.